The second-order valence-electron chi connectivity index (χ2n) is 4.86. The highest BCUT2D eigenvalue weighted by atomic mass is 32.2. The molecule has 1 aromatic rings. The van der Waals surface area contributed by atoms with Crippen molar-refractivity contribution in [1.82, 2.24) is 9.71 Å². The van der Waals surface area contributed by atoms with Crippen molar-refractivity contribution in [2.24, 2.45) is 5.92 Å². The monoisotopic (exact) mass is 272 g/mol. The van der Waals surface area contributed by atoms with Crippen LogP contribution in [0.3, 0.4) is 0 Å². The number of aliphatic hydroxyl groups excluding tert-OH is 1. The Morgan fingerprint density at radius 3 is 2.72 bits per heavy atom. The van der Waals surface area contributed by atoms with E-state index in [2.05, 4.69) is 9.71 Å². The second kappa shape index (κ2) is 5.86. The molecular weight excluding hydrogens is 252 g/mol. The molecule has 0 aliphatic heterocycles. The molecule has 0 radical (unpaired) electrons. The Hall–Kier alpha value is -0.850. The number of aromatic nitrogens is 1. The first-order valence-electron chi connectivity index (χ1n) is 6.39. The first-order valence-corrected chi connectivity index (χ1v) is 7.88. The lowest BCUT2D eigenvalue weighted by Gasteiger charge is -2.09. The maximum atomic E-state index is 11.9. The molecule has 102 valence electrons. The van der Waals surface area contributed by atoms with Crippen molar-refractivity contribution >= 4 is 10.0 Å². The molecule has 0 amide bonds. The summed E-state index contributed by atoms with van der Waals surface area (Å²) in [6.07, 6.45) is 7.31. The summed E-state index contributed by atoms with van der Waals surface area (Å²) >= 11 is 0. The molecule has 0 atom stereocenters. The molecular formula is C12H20N2O3S. The van der Waals surface area contributed by atoms with Gasteiger partial charge in [-0.15, -0.1) is 0 Å². The molecule has 0 unspecified atom stereocenters. The SMILES string of the molecule is O=S(=O)(NCCC1CCCC1)c1c[nH]c(CO)c1. The van der Waals surface area contributed by atoms with Crippen LogP contribution in [0.4, 0.5) is 0 Å². The molecule has 5 nitrogen and oxygen atoms in total. The molecule has 18 heavy (non-hydrogen) atoms. The van der Waals surface area contributed by atoms with Gasteiger partial charge in [0.2, 0.25) is 10.0 Å². The Morgan fingerprint density at radius 2 is 2.11 bits per heavy atom. The van der Waals surface area contributed by atoms with Crippen LogP contribution >= 0.6 is 0 Å². The van der Waals surface area contributed by atoms with Gasteiger partial charge in [-0.3, -0.25) is 0 Å². The lowest BCUT2D eigenvalue weighted by atomic mass is 10.1. The highest BCUT2D eigenvalue weighted by molar-refractivity contribution is 7.89. The first-order chi connectivity index (χ1) is 8.62. The zero-order chi connectivity index (χ0) is 13.0. The van der Waals surface area contributed by atoms with E-state index in [0.717, 1.165) is 6.42 Å². The quantitative estimate of drug-likeness (QED) is 0.731. The zero-order valence-electron chi connectivity index (χ0n) is 10.4. The fraction of sp³-hybridized carbons (Fsp3) is 0.667. The number of rotatable bonds is 6. The highest BCUT2D eigenvalue weighted by Crippen LogP contribution is 2.27. The minimum atomic E-state index is -3.43. The van der Waals surface area contributed by atoms with Gasteiger partial charge in [0.05, 0.1) is 11.5 Å². The van der Waals surface area contributed by atoms with Gasteiger partial charge in [0.1, 0.15) is 0 Å². The summed E-state index contributed by atoms with van der Waals surface area (Å²) in [5.74, 6) is 0.673. The number of hydrogen-bond acceptors (Lipinski definition) is 3. The minimum absolute atomic E-state index is 0.183. The van der Waals surface area contributed by atoms with Gasteiger partial charge < -0.3 is 10.1 Å². The van der Waals surface area contributed by atoms with Crippen molar-refractivity contribution in [3.8, 4) is 0 Å². The number of hydrogen-bond donors (Lipinski definition) is 3. The van der Waals surface area contributed by atoms with Gasteiger partial charge in [-0.1, -0.05) is 25.7 Å². The van der Waals surface area contributed by atoms with Crippen LogP contribution in [0, 0.1) is 5.92 Å². The molecule has 1 fully saturated rings. The van der Waals surface area contributed by atoms with Gasteiger partial charge in [0.15, 0.2) is 0 Å². The number of aromatic amines is 1. The fourth-order valence-corrected chi connectivity index (χ4v) is 3.51. The van der Waals surface area contributed by atoms with Crippen LogP contribution in [-0.4, -0.2) is 25.1 Å². The van der Waals surface area contributed by atoms with Gasteiger partial charge in [0.25, 0.3) is 0 Å². The first kappa shape index (κ1) is 13.6. The molecule has 1 aliphatic carbocycles. The number of nitrogens with one attached hydrogen (secondary N) is 2. The van der Waals surface area contributed by atoms with Crippen molar-refractivity contribution in [2.75, 3.05) is 6.54 Å². The summed E-state index contributed by atoms with van der Waals surface area (Å²) in [7, 11) is -3.43. The van der Waals surface area contributed by atoms with Crippen molar-refractivity contribution in [1.29, 1.82) is 0 Å². The molecule has 0 aromatic carbocycles. The molecule has 2 rings (SSSR count). The van der Waals surface area contributed by atoms with E-state index in [0.29, 0.717) is 18.2 Å². The van der Waals surface area contributed by atoms with E-state index in [1.165, 1.54) is 37.9 Å². The average molecular weight is 272 g/mol. The van der Waals surface area contributed by atoms with Gasteiger partial charge in [-0.2, -0.15) is 0 Å². The standard InChI is InChI=1S/C12H20N2O3S/c15-9-11-7-12(8-13-11)18(16,17)14-6-5-10-3-1-2-4-10/h7-8,10,13-15H,1-6,9H2. The molecule has 1 heterocycles. The lowest BCUT2D eigenvalue weighted by Crippen LogP contribution is -2.25. The molecule has 0 saturated heterocycles. The fourth-order valence-electron chi connectivity index (χ4n) is 2.45. The third-order valence-electron chi connectivity index (χ3n) is 3.52. The second-order valence-corrected chi connectivity index (χ2v) is 6.62. The number of aliphatic hydroxyl groups is 1. The highest BCUT2D eigenvalue weighted by Gasteiger charge is 2.18. The smallest absolute Gasteiger partial charge is 0.242 e. The Morgan fingerprint density at radius 1 is 1.39 bits per heavy atom. The summed E-state index contributed by atoms with van der Waals surface area (Å²) in [5, 5.41) is 8.89. The maximum Gasteiger partial charge on any atom is 0.242 e. The predicted octanol–water partition coefficient (Wildman–Crippen LogP) is 1.37. The van der Waals surface area contributed by atoms with Crippen LogP contribution in [0.15, 0.2) is 17.2 Å². The molecule has 3 N–H and O–H groups in total. The molecule has 1 saturated carbocycles. The van der Waals surface area contributed by atoms with E-state index in [9.17, 15) is 8.42 Å². The van der Waals surface area contributed by atoms with Crippen LogP contribution < -0.4 is 4.72 Å². The molecule has 1 aromatic heterocycles. The van der Waals surface area contributed by atoms with Crippen LogP contribution in [0.2, 0.25) is 0 Å². The largest absolute Gasteiger partial charge is 0.390 e. The molecule has 6 heteroatoms. The molecule has 0 spiro atoms. The third kappa shape index (κ3) is 3.34. The topological polar surface area (TPSA) is 82.2 Å². The zero-order valence-corrected chi connectivity index (χ0v) is 11.2. The minimum Gasteiger partial charge on any atom is -0.390 e. The normalized spacial score (nSPS) is 17.4. The van der Waals surface area contributed by atoms with Gasteiger partial charge >= 0.3 is 0 Å². The third-order valence-corrected chi connectivity index (χ3v) is 4.96. The van der Waals surface area contributed by atoms with Crippen molar-refractivity contribution in [2.45, 2.75) is 43.6 Å². The molecule has 1 aliphatic rings. The Kier molecular flexibility index (Phi) is 4.42. The Bertz CT molecular complexity index is 475. The lowest BCUT2D eigenvalue weighted by molar-refractivity contribution is 0.277. The van der Waals surface area contributed by atoms with Crippen molar-refractivity contribution in [3.63, 3.8) is 0 Å². The summed E-state index contributed by atoms with van der Waals surface area (Å²) < 4.78 is 26.5. The van der Waals surface area contributed by atoms with Gasteiger partial charge in [-0.25, -0.2) is 13.1 Å². The van der Waals surface area contributed by atoms with Crippen LogP contribution in [0.5, 0.6) is 0 Å². The Balaban J connectivity index is 1.86. The number of sulfonamides is 1. The van der Waals surface area contributed by atoms with Gasteiger partial charge in [0, 0.05) is 18.4 Å². The molecule has 0 bridgehead atoms. The predicted molar refractivity (Wildman–Crippen MR) is 68.5 cm³/mol. The van der Waals surface area contributed by atoms with E-state index in [1.807, 2.05) is 0 Å². The summed E-state index contributed by atoms with van der Waals surface area (Å²) in [6.45, 7) is 0.310. The van der Waals surface area contributed by atoms with Crippen molar-refractivity contribution in [3.05, 3.63) is 18.0 Å². The van der Waals surface area contributed by atoms with Crippen LogP contribution in [0.25, 0.3) is 0 Å². The maximum absolute atomic E-state index is 11.9. The van der Waals surface area contributed by atoms with Crippen molar-refractivity contribution < 1.29 is 13.5 Å². The van der Waals surface area contributed by atoms with Crippen LogP contribution in [-0.2, 0) is 16.6 Å². The van der Waals surface area contributed by atoms with Gasteiger partial charge in [-0.05, 0) is 18.4 Å². The summed E-state index contributed by atoms with van der Waals surface area (Å²) in [5.41, 5.74) is 0.506. The van der Waals surface area contributed by atoms with E-state index in [1.54, 1.807) is 0 Å². The number of H-pyrrole nitrogens is 1. The van der Waals surface area contributed by atoms with E-state index >= 15 is 0 Å². The van der Waals surface area contributed by atoms with E-state index in [4.69, 9.17) is 5.11 Å². The van der Waals surface area contributed by atoms with E-state index < -0.39 is 10.0 Å². The summed E-state index contributed by atoms with van der Waals surface area (Å²) in [4.78, 5) is 2.92. The summed E-state index contributed by atoms with van der Waals surface area (Å²) in [6, 6.07) is 1.46. The van der Waals surface area contributed by atoms with Crippen LogP contribution in [0.1, 0.15) is 37.8 Å². The van der Waals surface area contributed by atoms with E-state index in [-0.39, 0.29) is 11.5 Å². The average Bonchev–Trinajstić information content (AvgIpc) is 2.99. The Labute approximate surface area is 108 Å².